The highest BCUT2D eigenvalue weighted by atomic mass is 16.4. The Bertz CT molecular complexity index is 347. The molecule has 0 radical (unpaired) electrons. The van der Waals surface area contributed by atoms with E-state index < -0.39 is 18.1 Å². The summed E-state index contributed by atoms with van der Waals surface area (Å²) in [7, 11) is 0. The number of rotatable bonds is 17. The molecule has 0 aromatic rings. The highest BCUT2D eigenvalue weighted by Crippen LogP contribution is 2.21. The minimum absolute atomic E-state index is 0.449. The highest BCUT2D eigenvalue weighted by Gasteiger charge is 2.36. The molecular formula is C21H41NO3. The van der Waals surface area contributed by atoms with Crippen LogP contribution in [0, 0.1) is 0 Å². The van der Waals surface area contributed by atoms with Gasteiger partial charge in [0.2, 0.25) is 0 Å². The van der Waals surface area contributed by atoms with Crippen molar-refractivity contribution in [3.05, 3.63) is 12.7 Å². The van der Waals surface area contributed by atoms with Crippen LogP contribution >= 0.6 is 0 Å². The van der Waals surface area contributed by atoms with Crippen molar-refractivity contribution < 1.29 is 19.5 Å². The van der Waals surface area contributed by atoms with Crippen molar-refractivity contribution in [1.82, 2.24) is 0 Å². The second kappa shape index (κ2) is 14.3. The molecule has 0 heterocycles. The van der Waals surface area contributed by atoms with Crippen molar-refractivity contribution in [2.45, 2.75) is 97.1 Å². The van der Waals surface area contributed by atoms with E-state index in [4.69, 9.17) is 0 Å². The van der Waals surface area contributed by atoms with Crippen LogP contribution in [0.15, 0.2) is 12.7 Å². The number of hydrogen-bond acceptors (Lipinski definition) is 3. The molecule has 4 nitrogen and oxygen atoms in total. The van der Waals surface area contributed by atoms with Crippen LogP contribution < -0.4 is 5.11 Å². The molecule has 0 amide bonds. The van der Waals surface area contributed by atoms with E-state index in [1.54, 1.807) is 6.92 Å². The van der Waals surface area contributed by atoms with Crippen molar-refractivity contribution in [2.75, 3.05) is 19.6 Å². The van der Waals surface area contributed by atoms with Crippen molar-refractivity contribution >= 4 is 5.97 Å². The zero-order chi connectivity index (χ0) is 19.1. The molecule has 0 spiro atoms. The fourth-order valence-electron chi connectivity index (χ4n) is 3.60. The SMILES string of the molecule is C=CCCCCC(O)C[N+](CCCCC)(CCCCC)C(C)C(=O)[O-]. The average Bonchev–Trinajstić information content (AvgIpc) is 2.58. The summed E-state index contributed by atoms with van der Waals surface area (Å²) in [6.45, 7) is 12.0. The van der Waals surface area contributed by atoms with Crippen molar-refractivity contribution in [3.8, 4) is 0 Å². The fraction of sp³-hybridized carbons (Fsp3) is 0.857. The number of aliphatic carboxylic acids is 1. The van der Waals surface area contributed by atoms with Crippen molar-refractivity contribution in [2.24, 2.45) is 0 Å². The molecule has 0 saturated carbocycles. The Labute approximate surface area is 155 Å². The van der Waals surface area contributed by atoms with Crippen LogP contribution in [0.3, 0.4) is 0 Å². The number of aliphatic hydroxyl groups is 1. The molecule has 0 rings (SSSR count). The number of carboxylic acids is 1. The molecule has 4 heteroatoms. The molecule has 0 saturated heterocycles. The number of carboxylic acid groups (broad SMARTS) is 1. The van der Waals surface area contributed by atoms with Gasteiger partial charge in [0.25, 0.3) is 0 Å². The van der Waals surface area contributed by atoms with E-state index in [1.807, 2.05) is 6.08 Å². The van der Waals surface area contributed by atoms with E-state index in [1.165, 1.54) is 0 Å². The molecule has 0 aliphatic rings. The summed E-state index contributed by atoms with van der Waals surface area (Å²) >= 11 is 0. The van der Waals surface area contributed by atoms with Crippen LogP contribution in [0.4, 0.5) is 0 Å². The van der Waals surface area contributed by atoms with Gasteiger partial charge in [0.15, 0.2) is 0 Å². The number of hydrogen-bond donors (Lipinski definition) is 1. The summed E-state index contributed by atoms with van der Waals surface area (Å²) in [4.78, 5) is 11.7. The zero-order valence-electron chi connectivity index (χ0n) is 16.8. The van der Waals surface area contributed by atoms with Gasteiger partial charge in [-0.2, -0.15) is 0 Å². The lowest BCUT2D eigenvalue weighted by Crippen LogP contribution is -2.63. The maximum atomic E-state index is 11.7. The summed E-state index contributed by atoms with van der Waals surface area (Å²) in [5.74, 6) is -0.994. The van der Waals surface area contributed by atoms with Gasteiger partial charge in [-0.1, -0.05) is 39.2 Å². The van der Waals surface area contributed by atoms with Gasteiger partial charge < -0.3 is 19.5 Å². The Hall–Kier alpha value is -0.870. The number of nitrogens with zero attached hydrogens (tertiary/aromatic N) is 1. The van der Waals surface area contributed by atoms with E-state index >= 15 is 0 Å². The first kappa shape index (κ1) is 24.1. The number of carbonyl (C=O) groups excluding carboxylic acids is 1. The first-order valence-corrected chi connectivity index (χ1v) is 10.3. The number of allylic oxidation sites excluding steroid dienone is 1. The Balaban J connectivity index is 5.04. The molecule has 1 N–H and O–H groups in total. The third-order valence-corrected chi connectivity index (χ3v) is 5.35. The Morgan fingerprint density at radius 1 is 1.08 bits per heavy atom. The molecule has 0 aromatic carbocycles. The predicted molar refractivity (Wildman–Crippen MR) is 103 cm³/mol. The van der Waals surface area contributed by atoms with Crippen molar-refractivity contribution in [3.63, 3.8) is 0 Å². The number of carbonyl (C=O) groups is 1. The highest BCUT2D eigenvalue weighted by molar-refractivity contribution is 5.69. The standard InChI is InChI=1S/C21H41NO3/c1-5-8-11-12-15-20(23)18-22(16-13-9-6-2,17-14-10-7-3)19(4)21(24)25/h5,19-20,23H,1,6-18H2,2-4H3. The van der Waals surface area contributed by atoms with E-state index in [9.17, 15) is 15.0 Å². The number of quaternary nitrogens is 1. The van der Waals surface area contributed by atoms with Crippen LogP contribution in [0.5, 0.6) is 0 Å². The first-order chi connectivity index (χ1) is 11.9. The molecule has 0 aliphatic heterocycles. The van der Waals surface area contributed by atoms with Gasteiger partial charge in [0, 0.05) is 0 Å². The molecule has 0 bridgehead atoms. The van der Waals surface area contributed by atoms with E-state index in [2.05, 4.69) is 20.4 Å². The number of aliphatic hydroxyl groups excluding tert-OH is 1. The molecule has 2 unspecified atom stereocenters. The van der Waals surface area contributed by atoms with Crippen LogP contribution in [0.2, 0.25) is 0 Å². The smallest absolute Gasteiger partial charge is 0.126 e. The molecule has 148 valence electrons. The summed E-state index contributed by atoms with van der Waals surface area (Å²) in [5, 5.41) is 22.2. The van der Waals surface area contributed by atoms with Gasteiger partial charge >= 0.3 is 0 Å². The lowest BCUT2D eigenvalue weighted by Gasteiger charge is -2.45. The molecule has 0 fully saturated rings. The maximum absolute atomic E-state index is 11.7. The van der Waals surface area contributed by atoms with E-state index in [0.717, 1.165) is 77.3 Å². The molecule has 0 aromatic heterocycles. The minimum atomic E-state index is -0.994. The largest absolute Gasteiger partial charge is 0.544 e. The van der Waals surface area contributed by atoms with Crippen LogP contribution in [-0.2, 0) is 4.79 Å². The lowest BCUT2D eigenvalue weighted by atomic mass is 10.0. The van der Waals surface area contributed by atoms with Gasteiger partial charge in [-0.25, -0.2) is 0 Å². The van der Waals surface area contributed by atoms with Gasteiger partial charge in [0.05, 0.1) is 19.1 Å². The van der Waals surface area contributed by atoms with Gasteiger partial charge in [-0.05, 0) is 51.9 Å². The normalized spacial score (nSPS) is 14.2. The summed E-state index contributed by atoms with van der Waals surface area (Å²) in [5.41, 5.74) is 0. The van der Waals surface area contributed by atoms with Gasteiger partial charge in [-0.15, -0.1) is 6.58 Å². The maximum Gasteiger partial charge on any atom is 0.126 e. The van der Waals surface area contributed by atoms with Gasteiger partial charge in [0.1, 0.15) is 18.7 Å². The lowest BCUT2D eigenvalue weighted by molar-refractivity contribution is -0.946. The first-order valence-electron chi connectivity index (χ1n) is 10.3. The summed E-state index contributed by atoms with van der Waals surface area (Å²) in [6.07, 6.45) is 11.6. The Morgan fingerprint density at radius 3 is 2.08 bits per heavy atom. The topological polar surface area (TPSA) is 60.4 Å². The second-order valence-corrected chi connectivity index (χ2v) is 7.48. The molecule has 0 aliphatic carbocycles. The fourth-order valence-corrected chi connectivity index (χ4v) is 3.60. The predicted octanol–water partition coefficient (Wildman–Crippen LogP) is 3.43. The minimum Gasteiger partial charge on any atom is -0.544 e. The van der Waals surface area contributed by atoms with Gasteiger partial charge in [-0.3, -0.25) is 0 Å². The van der Waals surface area contributed by atoms with Crippen molar-refractivity contribution in [1.29, 1.82) is 0 Å². The summed E-state index contributed by atoms with van der Waals surface area (Å²) in [6, 6.07) is -0.573. The molecule has 2 atom stereocenters. The molecule has 25 heavy (non-hydrogen) atoms. The average molecular weight is 356 g/mol. The second-order valence-electron chi connectivity index (χ2n) is 7.48. The third kappa shape index (κ3) is 10.0. The molecular weight excluding hydrogens is 314 g/mol. The summed E-state index contributed by atoms with van der Waals surface area (Å²) < 4.78 is 0.463. The van der Waals surface area contributed by atoms with E-state index in [0.29, 0.717) is 11.0 Å². The third-order valence-electron chi connectivity index (χ3n) is 5.35. The van der Waals surface area contributed by atoms with E-state index in [-0.39, 0.29) is 0 Å². The number of unbranched alkanes of at least 4 members (excludes halogenated alkanes) is 6. The Morgan fingerprint density at radius 2 is 1.64 bits per heavy atom. The zero-order valence-corrected chi connectivity index (χ0v) is 16.8. The van der Waals surface area contributed by atoms with Crippen LogP contribution in [0.25, 0.3) is 0 Å². The monoisotopic (exact) mass is 355 g/mol. The van der Waals surface area contributed by atoms with Crippen LogP contribution in [0.1, 0.15) is 85.0 Å². The quantitative estimate of drug-likeness (QED) is 0.247. The Kier molecular flexibility index (Phi) is 13.8. The van der Waals surface area contributed by atoms with Crippen LogP contribution in [-0.4, -0.2) is 47.3 Å².